The van der Waals surface area contributed by atoms with Gasteiger partial charge >= 0.3 is 0 Å². The minimum Gasteiger partial charge on any atom is -0.351 e. The zero-order chi connectivity index (χ0) is 9.30. The summed E-state index contributed by atoms with van der Waals surface area (Å²) in [4.78, 5) is 13.3. The molecule has 6 heteroatoms. The molecular weight excluding hydrogens is 255 g/mol. The fraction of sp³-hybridized carbons (Fsp3) is 0.167. The number of rotatable bonds is 1. The summed E-state index contributed by atoms with van der Waals surface area (Å²) in [5, 5.41) is 0.0180. The summed E-state index contributed by atoms with van der Waals surface area (Å²) in [6, 6.07) is 0. The van der Waals surface area contributed by atoms with Gasteiger partial charge in [0.05, 0.1) is 5.56 Å². The standard InChI is InChI=1S/C6H3BrClF2NO/c7-3-4(12)2(6(9)10)1-11-5(3)8/h1,6H,(H,11,12). The lowest BCUT2D eigenvalue weighted by atomic mass is 10.3. The van der Waals surface area contributed by atoms with E-state index in [1.165, 1.54) is 0 Å². The predicted octanol–water partition coefficient (Wildman–Crippen LogP) is 2.73. The average molecular weight is 258 g/mol. The van der Waals surface area contributed by atoms with Crippen LogP contribution in [0, 0.1) is 0 Å². The zero-order valence-electron chi connectivity index (χ0n) is 5.57. The molecule has 1 heterocycles. The van der Waals surface area contributed by atoms with Crippen LogP contribution < -0.4 is 5.43 Å². The van der Waals surface area contributed by atoms with Crippen LogP contribution in [-0.4, -0.2) is 4.98 Å². The van der Waals surface area contributed by atoms with Gasteiger partial charge in [0.15, 0.2) is 0 Å². The molecule has 0 bridgehead atoms. The molecule has 0 spiro atoms. The molecule has 0 unspecified atom stereocenters. The van der Waals surface area contributed by atoms with E-state index in [2.05, 4.69) is 20.9 Å². The van der Waals surface area contributed by atoms with Gasteiger partial charge in [0.1, 0.15) is 9.63 Å². The predicted molar refractivity (Wildman–Crippen MR) is 44.7 cm³/mol. The number of aromatic nitrogens is 1. The quantitative estimate of drug-likeness (QED) is 0.772. The maximum atomic E-state index is 12.1. The first-order valence-corrected chi connectivity index (χ1v) is 4.06. The Labute approximate surface area is 79.7 Å². The molecule has 1 aromatic heterocycles. The van der Waals surface area contributed by atoms with Gasteiger partial charge in [0, 0.05) is 6.20 Å². The number of hydrogen-bond acceptors (Lipinski definition) is 1. The van der Waals surface area contributed by atoms with Crippen molar-refractivity contribution in [3.63, 3.8) is 0 Å². The molecule has 66 valence electrons. The highest BCUT2D eigenvalue weighted by Gasteiger charge is 2.15. The van der Waals surface area contributed by atoms with E-state index >= 15 is 0 Å². The van der Waals surface area contributed by atoms with Crippen molar-refractivity contribution < 1.29 is 8.78 Å². The van der Waals surface area contributed by atoms with E-state index in [1.807, 2.05) is 0 Å². The smallest absolute Gasteiger partial charge is 0.269 e. The summed E-state index contributed by atoms with van der Waals surface area (Å²) in [6.45, 7) is 0. The Morgan fingerprint density at radius 1 is 1.58 bits per heavy atom. The second kappa shape index (κ2) is 3.53. The molecule has 0 aromatic carbocycles. The van der Waals surface area contributed by atoms with E-state index in [0.717, 1.165) is 6.20 Å². The monoisotopic (exact) mass is 257 g/mol. The SMILES string of the molecule is O=c1c(C(F)F)c[nH]c(Cl)c1Br. The molecule has 0 aliphatic carbocycles. The van der Waals surface area contributed by atoms with Gasteiger partial charge < -0.3 is 4.98 Å². The van der Waals surface area contributed by atoms with Crippen LogP contribution >= 0.6 is 27.5 Å². The first-order valence-electron chi connectivity index (χ1n) is 2.88. The molecular formula is C6H3BrClF2NO. The van der Waals surface area contributed by atoms with Crippen LogP contribution in [0.4, 0.5) is 8.78 Å². The summed E-state index contributed by atoms with van der Waals surface area (Å²) < 4.78 is 24.0. The van der Waals surface area contributed by atoms with Gasteiger partial charge in [-0.25, -0.2) is 8.78 Å². The molecule has 0 saturated carbocycles. The van der Waals surface area contributed by atoms with E-state index in [4.69, 9.17) is 11.6 Å². The molecule has 0 radical (unpaired) electrons. The van der Waals surface area contributed by atoms with Crippen LogP contribution in [0.1, 0.15) is 12.0 Å². The summed E-state index contributed by atoms with van der Waals surface area (Å²) in [6.07, 6.45) is -1.89. The average Bonchev–Trinajstić information content (AvgIpc) is 2.00. The molecule has 0 fully saturated rings. The van der Waals surface area contributed by atoms with E-state index < -0.39 is 17.4 Å². The minimum atomic E-state index is -2.79. The van der Waals surface area contributed by atoms with Gasteiger partial charge in [0.25, 0.3) is 6.43 Å². The largest absolute Gasteiger partial charge is 0.351 e. The highest BCUT2D eigenvalue weighted by molar-refractivity contribution is 9.10. The summed E-state index contributed by atoms with van der Waals surface area (Å²) in [5.74, 6) is 0. The van der Waals surface area contributed by atoms with Gasteiger partial charge in [-0.05, 0) is 15.9 Å². The van der Waals surface area contributed by atoms with Crippen LogP contribution in [-0.2, 0) is 0 Å². The first kappa shape index (κ1) is 9.67. The Hall–Kier alpha value is -0.420. The van der Waals surface area contributed by atoms with Crippen LogP contribution in [0.25, 0.3) is 0 Å². The number of pyridine rings is 1. The molecule has 0 saturated heterocycles. The normalized spacial score (nSPS) is 10.8. The third-order valence-corrected chi connectivity index (χ3v) is 2.53. The summed E-state index contributed by atoms with van der Waals surface area (Å²) in [5.41, 5.74) is -1.37. The molecule has 0 amide bonds. The topological polar surface area (TPSA) is 32.9 Å². The van der Waals surface area contributed by atoms with Crippen LogP contribution in [0.5, 0.6) is 0 Å². The Balaban J connectivity index is 3.37. The molecule has 1 aromatic rings. The van der Waals surface area contributed by atoms with Crippen molar-refractivity contribution >= 4 is 27.5 Å². The van der Waals surface area contributed by atoms with Crippen LogP contribution in [0.3, 0.4) is 0 Å². The van der Waals surface area contributed by atoms with E-state index in [-0.39, 0.29) is 9.63 Å². The number of H-pyrrole nitrogens is 1. The van der Waals surface area contributed by atoms with E-state index in [0.29, 0.717) is 0 Å². The molecule has 0 aliphatic rings. The first-order chi connectivity index (χ1) is 5.54. The van der Waals surface area contributed by atoms with Crippen molar-refractivity contribution in [2.75, 3.05) is 0 Å². The summed E-state index contributed by atoms with van der Waals surface area (Å²) in [7, 11) is 0. The summed E-state index contributed by atoms with van der Waals surface area (Å²) >= 11 is 8.23. The number of aromatic amines is 1. The van der Waals surface area contributed by atoms with Crippen molar-refractivity contribution in [3.8, 4) is 0 Å². The number of halogens is 4. The minimum absolute atomic E-state index is 0.0180. The molecule has 0 atom stereocenters. The lowest BCUT2D eigenvalue weighted by molar-refractivity contribution is 0.149. The molecule has 1 N–H and O–H groups in total. The second-order valence-electron chi connectivity index (χ2n) is 2.00. The van der Waals surface area contributed by atoms with Crippen molar-refractivity contribution in [3.05, 3.63) is 31.6 Å². The van der Waals surface area contributed by atoms with Gasteiger partial charge in [-0.1, -0.05) is 11.6 Å². The Morgan fingerprint density at radius 3 is 2.67 bits per heavy atom. The molecule has 0 aliphatic heterocycles. The van der Waals surface area contributed by atoms with E-state index in [9.17, 15) is 13.6 Å². The van der Waals surface area contributed by atoms with Gasteiger partial charge in [-0.2, -0.15) is 0 Å². The van der Waals surface area contributed by atoms with Crippen molar-refractivity contribution in [2.24, 2.45) is 0 Å². The highest BCUT2D eigenvalue weighted by atomic mass is 79.9. The lowest BCUT2D eigenvalue weighted by Gasteiger charge is -1.99. The van der Waals surface area contributed by atoms with Crippen LogP contribution in [0.2, 0.25) is 5.15 Å². The number of hydrogen-bond donors (Lipinski definition) is 1. The maximum absolute atomic E-state index is 12.1. The number of nitrogens with one attached hydrogen (secondary N) is 1. The Kier molecular flexibility index (Phi) is 2.85. The third-order valence-electron chi connectivity index (χ3n) is 1.24. The van der Waals surface area contributed by atoms with Crippen molar-refractivity contribution in [2.45, 2.75) is 6.43 Å². The van der Waals surface area contributed by atoms with Crippen LogP contribution in [0.15, 0.2) is 15.5 Å². The molecule has 2 nitrogen and oxygen atoms in total. The maximum Gasteiger partial charge on any atom is 0.269 e. The van der Waals surface area contributed by atoms with Crippen molar-refractivity contribution in [1.29, 1.82) is 0 Å². The van der Waals surface area contributed by atoms with Gasteiger partial charge in [-0.15, -0.1) is 0 Å². The van der Waals surface area contributed by atoms with Gasteiger partial charge in [-0.3, -0.25) is 4.79 Å². The number of alkyl halides is 2. The fourth-order valence-corrected chi connectivity index (χ4v) is 1.14. The van der Waals surface area contributed by atoms with Crippen molar-refractivity contribution in [1.82, 2.24) is 4.98 Å². The highest BCUT2D eigenvalue weighted by Crippen LogP contribution is 2.20. The third kappa shape index (κ3) is 1.67. The fourth-order valence-electron chi connectivity index (χ4n) is 0.659. The zero-order valence-corrected chi connectivity index (χ0v) is 7.92. The Morgan fingerprint density at radius 2 is 2.17 bits per heavy atom. The molecule has 1 rings (SSSR count). The van der Waals surface area contributed by atoms with Gasteiger partial charge in [0.2, 0.25) is 5.43 Å². The second-order valence-corrected chi connectivity index (χ2v) is 3.17. The van der Waals surface area contributed by atoms with E-state index in [1.54, 1.807) is 0 Å². The molecule has 12 heavy (non-hydrogen) atoms. The Bertz CT molecular complexity index is 352. The lowest BCUT2D eigenvalue weighted by Crippen LogP contribution is -2.11.